The molecule has 0 aliphatic rings. The van der Waals surface area contributed by atoms with E-state index in [0.717, 1.165) is 6.07 Å². The predicted octanol–water partition coefficient (Wildman–Crippen LogP) is 0.790. The average molecular weight is 360 g/mol. The fourth-order valence-corrected chi connectivity index (χ4v) is 3.32. The van der Waals surface area contributed by atoms with Crippen molar-refractivity contribution in [2.45, 2.75) is 4.90 Å². The maximum absolute atomic E-state index is 11.0. The molecule has 0 fully saturated rings. The Morgan fingerprint density at radius 2 is 2.06 bits per heavy atom. The van der Waals surface area contributed by atoms with Crippen molar-refractivity contribution >= 4 is 31.3 Å². The summed E-state index contributed by atoms with van der Waals surface area (Å²) in [6, 6.07) is 3.82. The summed E-state index contributed by atoms with van der Waals surface area (Å²) < 4.78 is 46.7. The molecule has 0 saturated carbocycles. The number of aliphatic hydroxyl groups excluding tert-OH is 1. The Morgan fingerprint density at radius 3 is 2.56 bits per heavy atom. The molecule has 2 N–H and O–H groups in total. The van der Waals surface area contributed by atoms with Crippen LogP contribution in [0.3, 0.4) is 0 Å². The van der Waals surface area contributed by atoms with E-state index in [0.29, 0.717) is 0 Å². The summed E-state index contributed by atoms with van der Waals surface area (Å²) in [7, 11) is -4.41. The van der Waals surface area contributed by atoms with E-state index in [1.54, 1.807) is 0 Å². The zero-order chi connectivity index (χ0) is 12.2. The Balaban J connectivity index is 3.17. The van der Waals surface area contributed by atoms with Gasteiger partial charge in [-0.25, -0.2) is 0 Å². The van der Waals surface area contributed by atoms with Gasteiger partial charge in [-0.3, -0.25) is 7.62 Å². The lowest BCUT2D eigenvalue weighted by molar-refractivity contribution is 0.201. The Morgan fingerprint density at radius 1 is 1.38 bits per heavy atom. The molecular formula is C8H9IO6S. The van der Waals surface area contributed by atoms with E-state index in [4.69, 9.17) is 14.4 Å². The van der Waals surface area contributed by atoms with Gasteiger partial charge >= 0.3 is 0 Å². The van der Waals surface area contributed by atoms with Gasteiger partial charge in [0, 0.05) is 6.07 Å². The van der Waals surface area contributed by atoms with Gasteiger partial charge in [-0.15, -0.1) is 0 Å². The lowest BCUT2D eigenvalue weighted by atomic mass is 10.3. The Kier molecular flexibility index (Phi) is 4.77. The number of hydrogen-bond donors (Lipinski definition) is 2. The summed E-state index contributed by atoms with van der Waals surface area (Å²) in [4.78, 5) is -0.411. The second-order valence-corrected chi connectivity index (χ2v) is 5.71. The Labute approximate surface area is 103 Å². The number of hydrogen-bond acceptors (Lipinski definition) is 5. The van der Waals surface area contributed by atoms with E-state index in [-0.39, 0.29) is 22.5 Å². The summed E-state index contributed by atoms with van der Waals surface area (Å²) in [5.74, 6) is 0.183. The fraction of sp³-hybridized carbons (Fsp3) is 0.250. The first-order chi connectivity index (χ1) is 7.49. The highest BCUT2D eigenvalue weighted by molar-refractivity contribution is 14.1. The maximum atomic E-state index is 11.0. The van der Waals surface area contributed by atoms with Gasteiger partial charge in [0.25, 0.3) is 10.1 Å². The third-order valence-electron chi connectivity index (χ3n) is 1.62. The van der Waals surface area contributed by atoms with Crippen LogP contribution < -0.4 is 4.74 Å². The molecule has 0 heterocycles. The molecule has 0 atom stereocenters. The highest BCUT2D eigenvalue weighted by Gasteiger charge is 2.16. The standard InChI is InChI=1S/C8H9IO6S/c10-3-4-15-6-1-2-7(9-11)8(5-6)16(12,13)14/h1-2,5,10H,3-4H2,(H,12,13,14). The number of benzene rings is 1. The first kappa shape index (κ1) is 13.5. The van der Waals surface area contributed by atoms with E-state index in [1.165, 1.54) is 12.1 Å². The van der Waals surface area contributed by atoms with Crippen molar-refractivity contribution in [3.63, 3.8) is 0 Å². The van der Waals surface area contributed by atoms with E-state index in [9.17, 15) is 11.5 Å². The molecule has 0 saturated heterocycles. The van der Waals surface area contributed by atoms with Gasteiger partial charge in [0.2, 0.25) is 0 Å². The first-order valence-corrected chi connectivity index (χ1v) is 7.51. The largest absolute Gasteiger partial charge is 0.491 e. The molecule has 0 amide bonds. The summed E-state index contributed by atoms with van der Waals surface area (Å²) >= 11 is -1.70. The quantitative estimate of drug-likeness (QED) is 0.595. The van der Waals surface area contributed by atoms with E-state index in [1.807, 2.05) is 0 Å². The van der Waals surface area contributed by atoms with Crippen LogP contribution in [0.2, 0.25) is 0 Å². The molecular weight excluding hydrogens is 351 g/mol. The van der Waals surface area contributed by atoms with Crippen LogP contribution in [0.5, 0.6) is 5.75 Å². The molecule has 1 aromatic rings. The van der Waals surface area contributed by atoms with Crippen LogP contribution in [0.25, 0.3) is 0 Å². The smallest absolute Gasteiger partial charge is 0.295 e. The Bertz CT molecular complexity index is 483. The van der Waals surface area contributed by atoms with E-state index < -0.39 is 36.2 Å². The highest BCUT2D eigenvalue weighted by atomic mass is 127. The molecule has 0 aliphatic carbocycles. The molecule has 0 bridgehead atoms. The molecule has 1 aromatic carbocycles. The van der Waals surface area contributed by atoms with Crippen LogP contribution in [-0.4, -0.2) is 31.3 Å². The molecule has 0 unspecified atom stereocenters. The van der Waals surface area contributed by atoms with Crippen molar-refractivity contribution in [2.75, 3.05) is 13.2 Å². The monoisotopic (exact) mass is 360 g/mol. The number of aliphatic hydroxyl groups is 1. The van der Waals surface area contributed by atoms with Crippen LogP contribution >= 0.6 is 21.2 Å². The second-order valence-electron chi connectivity index (χ2n) is 2.72. The number of halogens is 1. The molecule has 8 heteroatoms. The van der Waals surface area contributed by atoms with Crippen LogP contribution in [0.4, 0.5) is 0 Å². The van der Waals surface area contributed by atoms with Crippen LogP contribution in [-0.2, 0) is 13.2 Å². The van der Waals surface area contributed by atoms with Crippen molar-refractivity contribution in [3.8, 4) is 5.75 Å². The fourth-order valence-electron chi connectivity index (χ4n) is 0.998. The third-order valence-corrected chi connectivity index (χ3v) is 4.30. The highest BCUT2D eigenvalue weighted by Crippen LogP contribution is 2.25. The summed E-state index contributed by atoms with van der Waals surface area (Å²) in [5, 5.41) is 8.52. The predicted molar refractivity (Wildman–Crippen MR) is 62.2 cm³/mol. The van der Waals surface area contributed by atoms with Gasteiger partial charge in [0.1, 0.15) is 17.3 Å². The second kappa shape index (κ2) is 5.66. The van der Waals surface area contributed by atoms with E-state index in [2.05, 4.69) is 0 Å². The van der Waals surface area contributed by atoms with Gasteiger partial charge in [-0.05, 0) is 12.1 Å². The summed E-state index contributed by atoms with van der Waals surface area (Å²) in [6.07, 6.45) is 0. The van der Waals surface area contributed by atoms with Crippen molar-refractivity contribution in [1.29, 1.82) is 0 Å². The van der Waals surface area contributed by atoms with Gasteiger partial charge in [-0.2, -0.15) is 8.42 Å². The van der Waals surface area contributed by atoms with Crippen molar-refractivity contribution in [2.24, 2.45) is 0 Å². The van der Waals surface area contributed by atoms with E-state index >= 15 is 0 Å². The van der Waals surface area contributed by atoms with Crippen LogP contribution in [0.1, 0.15) is 0 Å². The maximum Gasteiger partial charge on any atom is 0.295 e. The zero-order valence-corrected chi connectivity index (χ0v) is 10.9. The van der Waals surface area contributed by atoms with Crippen LogP contribution in [0, 0.1) is 3.57 Å². The van der Waals surface area contributed by atoms with Gasteiger partial charge in [0.15, 0.2) is 21.2 Å². The minimum absolute atomic E-state index is 0.0106. The SMILES string of the molecule is O=Ic1ccc(OCCO)cc1S(=O)(=O)O. The first-order valence-electron chi connectivity index (χ1n) is 4.11. The number of ether oxygens (including phenoxy) is 1. The summed E-state index contributed by atoms with van der Waals surface area (Å²) in [5.41, 5.74) is 0. The van der Waals surface area contributed by atoms with Gasteiger partial charge in [0.05, 0.1) is 10.2 Å². The van der Waals surface area contributed by atoms with Gasteiger partial charge in [-0.1, -0.05) is 0 Å². The molecule has 1 rings (SSSR count). The molecule has 16 heavy (non-hydrogen) atoms. The normalized spacial score (nSPS) is 11.4. The summed E-state index contributed by atoms with van der Waals surface area (Å²) in [6.45, 7) is -0.200. The minimum atomic E-state index is -4.41. The van der Waals surface area contributed by atoms with Gasteiger partial charge < -0.3 is 9.84 Å². The molecule has 90 valence electrons. The van der Waals surface area contributed by atoms with Crippen molar-refractivity contribution in [3.05, 3.63) is 21.8 Å². The van der Waals surface area contributed by atoms with Crippen LogP contribution in [0.15, 0.2) is 23.1 Å². The topological polar surface area (TPSA) is 101 Å². The van der Waals surface area contributed by atoms with Crippen molar-refractivity contribution < 1.29 is 25.9 Å². The minimum Gasteiger partial charge on any atom is -0.491 e. The lowest BCUT2D eigenvalue weighted by Crippen LogP contribution is -2.05. The van der Waals surface area contributed by atoms with Crippen molar-refractivity contribution in [1.82, 2.24) is 0 Å². The molecule has 0 aromatic heterocycles. The molecule has 6 nitrogen and oxygen atoms in total. The average Bonchev–Trinajstić information content (AvgIpc) is 2.24. The molecule has 0 spiro atoms. The third kappa shape index (κ3) is 3.47. The molecule has 0 radical (unpaired) electrons. The zero-order valence-electron chi connectivity index (χ0n) is 7.96. The number of rotatable bonds is 5. The molecule has 0 aliphatic heterocycles. The lowest BCUT2D eigenvalue weighted by Gasteiger charge is -2.06. The Hall–Kier alpha value is -0.580.